The van der Waals surface area contributed by atoms with Gasteiger partial charge in [0.05, 0.1) is 9.95 Å². The number of halogens is 1. The molecule has 0 aromatic heterocycles. The standard InChI is InChI=1S/C8H8ClN3O3/c9-6-3-5(12(13)14)1-2-7(6)15-4-8(10)11/h1-3H,4H2,(H3,10,11). The van der Waals surface area contributed by atoms with Crippen molar-refractivity contribution < 1.29 is 9.66 Å². The van der Waals surface area contributed by atoms with Crippen molar-refractivity contribution in [2.45, 2.75) is 0 Å². The molecule has 0 fully saturated rings. The third kappa shape index (κ3) is 3.10. The lowest BCUT2D eigenvalue weighted by Gasteiger charge is -2.05. The van der Waals surface area contributed by atoms with E-state index in [0.29, 0.717) is 0 Å². The minimum atomic E-state index is -0.555. The van der Waals surface area contributed by atoms with Crippen LogP contribution < -0.4 is 10.5 Å². The van der Waals surface area contributed by atoms with E-state index in [2.05, 4.69) is 0 Å². The molecule has 0 aliphatic carbocycles. The van der Waals surface area contributed by atoms with Gasteiger partial charge < -0.3 is 10.5 Å². The van der Waals surface area contributed by atoms with Gasteiger partial charge in [-0.2, -0.15) is 0 Å². The number of nitro benzene ring substituents is 1. The fraction of sp³-hybridized carbons (Fsp3) is 0.125. The van der Waals surface area contributed by atoms with Gasteiger partial charge in [0.15, 0.2) is 0 Å². The minimum absolute atomic E-state index is 0.0997. The molecule has 0 amide bonds. The second kappa shape index (κ2) is 4.61. The zero-order valence-electron chi connectivity index (χ0n) is 7.57. The van der Waals surface area contributed by atoms with Crippen LogP contribution in [0, 0.1) is 15.5 Å². The lowest BCUT2D eigenvalue weighted by molar-refractivity contribution is -0.384. The third-order valence-corrected chi connectivity index (χ3v) is 1.80. The van der Waals surface area contributed by atoms with Crippen molar-refractivity contribution in [3.63, 3.8) is 0 Å². The second-order valence-corrected chi connectivity index (χ2v) is 3.09. The zero-order valence-corrected chi connectivity index (χ0v) is 8.32. The molecule has 0 saturated heterocycles. The van der Waals surface area contributed by atoms with Gasteiger partial charge in [0, 0.05) is 12.1 Å². The molecular weight excluding hydrogens is 222 g/mol. The van der Waals surface area contributed by atoms with Crippen LogP contribution in [-0.2, 0) is 0 Å². The fourth-order valence-electron chi connectivity index (χ4n) is 0.876. The third-order valence-electron chi connectivity index (χ3n) is 1.51. The van der Waals surface area contributed by atoms with Crippen molar-refractivity contribution in [1.29, 1.82) is 5.41 Å². The highest BCUT2D eigenvalue weighted by molar-refractivity contribution is 6.32. The van der Waals surface area contributed by atoms with Crippen LogP contribution >= 0.6 is 11.6 Å². The summed E-state index contributed by atoms with van der Waals surface area (Å²) >= 11 is 5.72. The number of nitrogens with zero attached hydrogens (tertiary/aromatic N) is 1. The number of non-ortho nitro benzene ring substituents is 1. The average Bonchev–Trinajstić information content (AvgIpc) is 2.15. The number of hydrogen-bond donors (Lipinski definition) is 2. The summed E-state index contributed by atoms with van der Waals surface area (Å²) in [6, 6.07) is 3.81. The van der Waals surface area contributed by atoms with Gasteiger partial charge in [0.2, 0.25) is 0 Å². The van der Waals surface area contributed by atoms with E-state index in [9.17, 15) is 10.1 Å². The molecule has 15 heavy (non-hydrogen) atoms. The Morgan fingerprint density at radius 1 is 1.67 bits per heavy atom. The van der Waals surface area contributed by atoms with Gasteiger partial charge in [-0.05, 0) is 6.07 Å². The Morgan fingerprint density at radius 3 is 2.80 bits per heavy atom. The molecule has 0 spiro atoms. The van der Waals surface area contributed by atoms with E-state index in [4.69, 9.17) is 27.5 Å². The van der Waals surface area contributed by atoms with Crippen LogP contribution in [-0.4, -0.2) is 17.4 Å². The van der Waals surface area contributed by atoms with E-state index >= 15 is 0 Å². The van der Waals surface area contributed by atoms with Crippen LogP contribution in [0.25, 0.3) is 0 Å². The van der Waals surface area contributed by atoms with Gasteiger partial charge in [0.1, 0.15) is 18.2 Å². The zero-order chi connectivity index (χ0) is 11.4. The first kappa shape index (κ1) is 11.3. The Bertz CT molecular complexity index is 408. The molecule has 0 unspecified atom stereocenters. The lowest BCUT2D eigenvalue weighted by atomic mass is 10.3. The van der Waals surface area contributed by atoms with Crippen molar-refractivity contribution >= 4 is 23.1 Å². The number of ether oxygens (including phenoxy) is 1. The van der Waals surface area contributed by atoms with E-state index < -0.39 is 4.92 Å². The van der Waals surface area contributed by atoms with Crippen LogP contribution in [0.2, 0.25) is 5.02 Å². The highest BCUT2D eigenvalue weighted by Gasteiger charge is 2.10. The molecule has 80 valence electrons. The number of rotatable bonds is 4. The summed E-state index contributed by atoms with van der Waals surface area (Å²) in [5, 5.41) is 17.4. The molecule has 1 rings (SSSR count). The summed E-state index contributed by atoms with van der Waals surface area (Å²) in [7, 11) is 0. The smallest absolute Gasteiger partial charge is 0.271 e. The van der Waals surface area contributed by atoms with Gasteiger partial charge >= 0.3 is 0 Å². The molecule has 1 aromatic rings. The molecule has 0 aliphatic rings. The first-order valence-electron chi connectivity index (χ1n) is 3.90. The predicted octanol–water partition coefficient (Wildman–Crippen LogP) is 1.56. The molecule has 0 heterocycles. The van der Waals surface area contributed by atoms with E-state index in [1.807, 2.05) is 0 Å². The topological polar surface area (TPSA) is 102 Å². The molecular formula is C8H8ClN3O3. The van der Waals surface area contributed by atoms with E-state index in [-0.39, 0.29) is 28.9 Å². The first-order chi connectivity index (χ1) is 7.00. The molecule has 6 nitrogen and oxygen atoms in total. The van der Waals surface area contributed by atoms with E-state index in [1.165, 1.54) is 18.2 Å². The molecule has 3 N–H and O–H groups in total. The minimum Gasteiger partial charge on any atom is -0.484 e. The van der Waals surface area contributed by atoms with E-state index in [1.54, 1.807) is 0 Å². The van der Waals surface area contributed by atoms with Crippen molar-refractivity contribution in [2.75, 3.05) is 6.61 Å². The lowest BCUT2D eigenvalue weighted by Crippen LogP contribution is -2.19. The van der Waals surface area contributed by atoms with Gasteiger partial charge in [0.25, 0.3) is 5.69 Å². The summed E-state index contributed by atoms with van der Waals surface area (Å²) in [5.74, 6) is 0.113. The quantitative estimate of drug-likeness (QED) is 0.354. The number of nitro groups is 1. The van der Waals surface area contributed by atoms with Gasteiger partial charge in [-0.1, -0.05) is 11.6 Å². The summed E-state index contributed by atoms with van der Waals surface area (Å²) in [6.45, 7) is -0.0997. The average molecular weight is 230 g/mol. The monoisotopic (exact) mass is 229 g/mol. The highest BCUT2D eigenvalue weighted by atomic mass is 35.5. The maximum Gasteiger partial charge on any atom is 0.271 e. The van der Waals surface area contributed by atoms with Crippen molar-refractivity contribution in [1.82, 2.24) is 0 Å². The van der Waals surface area contributed by atoms with Crippen LogP contribution in [0.15, 0.2) is 18.2 Å². The van der Waals surface area contributed by atoms with Crippen LogP contribution in [0.3, 0.4) is 0 Å². The Balaban J connectivity index is 2.83. The molecule has 0 bridgehead atoms. The summed E-state index contributed by atoms with van der Waals surface area (Å²) in [4.78, 5) is 9.83. The number of nitrogens with two attached hydrogens (primary N) is 1. The van der Waals surface area contributed by atoms with E-state index in [0.717, 1.165) is 0 Å². The van der Waals surface area contributed by atoms with Crippen LogP contribution in [0.5, 0.6) is 5.75 Å². The number of amidine groups is 1. The normalized spacial score (nSPS) is 9.67. The predicted molar refractivity (Wildman–Crippen MR) is 55.5 cm³/mol. The fourth-order valence-corrected chi connectivity index (χ4v) is 1.11. The Morgan fingerprint density at radius 2 is 2.33 bits per heavy atom. The van der Waals surface area contributed by atoms with Gasteiger partial charge in [-0.25, -0.2) is 0 Å². The first-order valence-corrected chi connectivity index (χ1v) is 4.28. The van der Waals surface area contributed by atoms with Crippen LogP contribution in [0.1, 0.15) is 0 Å². The van der Waals surface area contributed by atoms with Gasteiger partial charge in [-0.15, -0.1) is 0 Å². The highest BCUT2D eigenvalue weighted by Crippen LogP contribution is 2.28. The number of benzene rings is 1. The Hall–Kier alpha value is -1.82. The van der Waals surface area contributed by atoms with Crippen molar-refractivity contribution in [2.24, 2.45) is 5.73 Å². The molecule has 0 saturated carbocycles. The molecule has 0 aliphatic heterocycles. The summed E-state index contributed by atoms with van der Waals surface area (Å²) in [5.41, 5.74) is 4.96. The number of hydrogen-bond acceptors (Lipinski definition) is 4. The molecule has 7 heteroatoms. The molecule has 1 aromatic carbocycles. The van der Waals surface area contributed by atoms with Crippen molar-refractivity contribution in [3.8, 4) is 5.75 Å². The Kier molecular flexibility index (Phi) is 3.46. The molecule has 0 atom stereocenters. The Labute approximate surface area is 90.3 Å². The number of nitrogens with one attached hydrogen (secondary N) is 1. The molecule has 0 radical (unpaired) electrons. The van der Waals surface area contributed by atoms with Crippen LogP contribution in [0.4, 0.5) is 5.69 Å². The maximum absolute atomic E-state index is 10.4. The summed E-state index contributed by atoms with van der Waals surface area (Å²) < 4.78 is 5.03. The maximum atomic E-state index is 10.4. The van der Waals surface area contributed by atoms with Gasteiger partial charge in [-0.3, -0.25) is 15.5 Å². The SMILES string of the molecule is N=C(N)COc1ccc([N+](=O)[O-])cc1Cl. The van der Waals surface area contributed by atoms with Crippen molar-refractivity contribution in [3.05, 3.63) is 33.3 Å². The summed E-state index contributed by atoms with van der Waals surface area (Å²) in [6.07, 6.45) is 0. The second-order valence-electron chi connectivity index (χ2n) is 2.69. The largest absolute Gasteiger partial charge is 0.484 e.